The summed E-state index contributed by atoms with van der Waals surface area (Å²) in [6, 6.07) is 12.8. The van der Waals surface area contributed by atoms with Gasteiger partial charge in [-0.25, -0.2) is 4.39 Å². The smallest absolute Gasteiger partial charge is 0.251 e. The maximum atomic E-state index is 13.9. The van der Waals surface area contributed by atoms with Gasteiger partial charge in [0.05, 0.1) is 0 Å². The predicted molar refractivity (Wildman–Crippen MR) is 93.3 cm³/mol. The molecule has 1 amide bonds. The van der Waals surface area contributed by atoms with Crippen molar-refractivity contribution in [1.82, 2.24) is 10.6 Å². The van der Waals surface area contributed by atoms with E-state index in [0.717, 1.165) is 11.1 Å². The minimum absolute atomic E-state index is 0.0177. The Hall–Kier alpha value is -1.85. The van der Waals surface area contributed by atoms with E-state index in [1.54, 1.807) is 25.2 Å². The van der Waals surface area contributed by atoms with E-state index in [2.05, 4.69) is 10.6 Å². The van der Waals surface area contributed by atoms with Crippen LogP contribution in [0.15, 0.2) is 47.4 Å². The zero-order valence-corrected chi connectivity index (χ0v) is 14.3. The van der Waals surface area contributed by atoms with E-state index in [1.807, 2.05) is 37.4 Å². The van der Waals surface area contributed by atoms with Crippen LogP contribution in [0.25, 0.3) is 0 Å². The average Bonchev–Trinajstić information content (AvgIpc) is 2.59. The molecular formula is C18H21FN2OS. The summed E-state index contributed by atoms with van der Waals surface area (Å²) in [6.45, 7) is 2.61. The van der Waals surface area contributed by atoms with E-state index >= 15 is 0 Å². The van der Waals surface area contributed by atoms with Crippen LogP contribution in [0.5, 0.6) is 0 Å². The molecule has 0 radical (unpaired) electrons. The number of hydrogen-bond donors (Lipinski definition) is 2. The van der Waals surface area contributed by atoms with Crippen LogP contribution in [0.2, 0.25) is 0 Å². The Labute approximate surface area is 140 Å². The van der Waals surface area contributed by atoms with Crippen LogP contribution in [0.1, 0.15) is 34.5 Å². The van der Waals surface area contributed by atoms with Gasteiger partial charge in [0.25, 0.3) is 5.91 Å². The molecule has 2 rings (SSSR count). The maximum absolute atomic E-state index is 13.9. The number of rotatable bonds is 6. The minimum atomic E-state index is -0.190. The molecule has 0 aliphatic carbocycles. The van der Waals surface area contributed by atoms with Crippen LogP contribution in [0.4, 0.5) is 4.39 Å². The van der Waals surface area contributed by atoms with E-state index in [9.17, 15) is 9.18 Å². The molecule has 2 aromatic carbocycles. The number of carbonyl (C=O) groups excluding carboxylic acids is 1. The van der Waals surface area contributed by atoms with Gasteiger partial charge in [0.1, 0.15) is 5.82 Å². The van der Waals surface area contributed by atoms with Gasteiger partial charge in [0.15, 0.2) is 0 Å². The lowest BCUT2D eigenvalue weighted by Crippen LogP contribution is -2.20. The van der Waals surface area contributed by atoms with Crippen LogP contribution in [-0.2, 0) is 6.54 Å². The lowest BCUT2D eigenvalue weighted by atomic mass is 10.1. The van der Waals surface area contributed by atoms with Crippen LogP contribution in [0, 0.1) is 5.82 Å². The molecule has 23 heavy (non-hydrogen) atoms. The van der Waals surface area contributed by atoms with Crippen molar-refractivity contribution in [1.29, 1.82) is 0 Å². The van der Waals surface area contributed by atoms with Crippen molar-refractivity contribution in [3.05, 3.63) is 65.0 Å². The van der Waals surface area contributed by atoms with Crippen molar-refractivity contribution >= 4 is 17.7 Å². The Balaban J connectivity index is 2.03. The summed E-state index contributed by atoms with van der Waals surface area (Å²) in [6.07, 6.45) is 1.86. The van der Waals surface area contributed by atoms with Gasteiger partial charge in [0.2, 0.25) is 0 Å². The number of benzene rings is 2. The molecule has 2 aromatic rings. The van der Waals surface area contributed by atoms with Crippen molar-refractivity contribution in [2.24, 2.45) is 0 Å². The first-order chi connectivity index (χ1) is 11.0. The molecule has 0 spiro atoms. The number of halogens is 1. The molecule has 0 fully saturated rings. The van der Waals surface area contributed by atoms with E-state index in [1.165, 1.54) is 11.8 Å². The van der Waals surface area contributed by atoms with Gasteiger partial charge >= 0.3 is 0 Å². The predicted octanol–water partition coefficient (Wildman–Crippen LogP) is 3.76. The highest BCUT2D eigenvalue weighted by molar-refractivity contribution is 7.98. The summed E-state index contributed by atoms with van der Waals surface area (Å²) in [7, 11) is 1.61. The van der Waals surface area contributed by atoms with Gasteiger partial charge in [-0.1, -0.05) is 18.2 Å². The SMILES string of the molecule is CNC(=O)c1cccc(CN[C@@H](C)c2ccc(SC)c(F)c2)c1. The largest absolute Gasteiger partial charge is 0.355 e. The summed E-state index contributed by atoms with van der Waals surface area (Å²) in [5.74, 6) is -0.292. The van der Waals surface area contributed by atoms with Gasteiger partial charge in [-0.2, -0.15) is 0 Å². The van der Waals surface area contributed by atoms with Crippen molar-refractivity contribution in [3.63, 3.8) is 0 Å². The van der Waals surface area contributed by atoms with Crippen LogP contribution in [0.3, 0.4) is 0 Å². The molecular weight excluding hydrogens is 311 g/mol. The molecule has 0 bridgehead atoms. The zero-order chi connectivity index (χ0) is 16.8. The molecule has 0 unspecified atom stereocenters. The molecule has 3 nitrogen and oxygen atoms in total. The van der Waals surface area contributed by atoms with E-state index in [4.69, 9.17) is 0 Å². The monoisotopic (exact) mass is 332 g/mol. The van der Waals surface area contributed by atoms with Gasteiger partial charge in [-0.3, -0.25) is 4.79 Å². The molecule has 5 heteroatoms. The summed E-state index contributed by atoms with van der Waals surface area (Å²) in [5.41, 5.74) is 2.55. The summed E-state index contributed by atoms with van der Waals surface area (Å²) in [4.78, 5) is 12.3. The number of hydrogen-bond acceptors (Lipinski definition) is 3. The third-order valence-electron chi connectivity index (χ3n) is 3.70. The highest BCUT2D eigenvalue weighted by atomic mass is 32.2. The Morgan fingerprint density at radius 1 is 1.26 bits per heavy atom. The molecule has 0 aliphatic rings. The second-order valence-electron chi connectivity index (χ2n) is 5.28. The summed E-state index contributed by atoms with van der Waals surface area (Å²) < 4.78 is 13.9. The molecule has 0 saturated heterocycles. The first-order valence-corrected chi connectivity index (χ1v) is 8.65. The van der Waals surface area contributed by atoms with Gasteiger partial charge in [0, 0.05) is 30.1 Å². The first kappa shape index (κ1) is 17.5. The van der Waals surface area contributed by atoms with Crippen molar-refractivity contribution in [2.45, 2.75) is 24.4 Å². The summed E-state index contributed by atoms with van der Waals surface area (Å²) >= 11 is 1.40. The van der Waals surface area contributed by atoms with Crippen molar-refractivity contribution < 1.29 is 9.18 Å². The number of thioether (sulfide) groups is 1. The second kappa shape index (κ2) is 8.13. The number of amides is 1. The molecule has 122 valence electrons. The van der Waals surface area contributed by atoms with Gasteiger partial charge in [-0.15, -0.1) is 11.8 Å². The van der Waals surface area contributed by atoms with Crippen LogP contribution >= 0.6 is 11.8 Å². The van der Waals surface area contributed by atoms with E-state index in [0.29, 0.717) is 17.0 Å². The van der Waals surface area contributed by atoms with Crippen LogP contribution < -0.4 is 10.6 Å². The third kappa shape index (κ3) is 4.56. The molecule has 1 atom stereocenters. The topological polar surface area (TPSA) is 41.1 Å². The third-order valence-corrected chi connectivity index (χ3v) is 4.48. The Morgan fingerprint density at radius 2 is 2.04 bits per heavy atom. The maximum Gasteiger partial charge on any atom is 0.251 e. The van der Waals surface area contributed by atoms with Crippen LogP contribution in [-0.4, -0.2) is 19.2 Å². The van der Waals surface area contributed by atoms with Crippen molar-refractivity contribution in [2.75, 3.05) is 13.3 Å². The Kier molecular flexibility index (Phi) is 6.19. The second-order valence-corrected chi connectivity index (χ2v) is 6.12. The fourth-order valence-electron chi connectivity index (χ4n) is 2.31. The van der Waals surface area contributed by atoms with Gasteiger partial charge < -0.3 is 10.6 Å². The molecule has 0 saturated carbocycles. The van der Waals surface area contributed by atoms with Crippen molar-refractivity contribution in [3.8, 4) is 0 Å². The average molecular weight is 332 g/mol. The summed E-state index contributed by atoms with van der Waals surface area (Å²) in [5, 5.41) is 5.97. The van der Waals surface area contributed by atoms with E-state index < -0.39 is 0 Å². The Morgan fingerprint density at radius 3 is 2.70 bits per heavy atom. The van der Waals surface area contributed by atoms with E-state index in [-0.39, 0.29) is 17.8 Å². The van der Waals surface area contributed by atoms with Gasteiger partial charge in [-0.05, 0) is 48.6 Å². The standard InChI is InChI=1S/C18H21FN2OS/c1-12(14-7-8-17(23-3)16(19)10-14)21-11-13-5-4-6-15(9-13)18(22)20-2/h4-10,12,21H,11H2,1-3H3,(H,20,22)/t12-/m0/s1. The quantitative estimate of drug-likeness (QED) is 0.792. The zero-order valence-electron chi connectivity index (χ0n) is 13.5. The molecule has 0 heterocycles. The highest BCUT2D eigenvalue weighted by Gasteiger charge is 2.09. The molecule has 0 aromatic heterocycles. The molecule has 0 aliphatic heterocycles. The Bertz CT molecular complexity index is 690. The fourth-order valence-corrected chi connectivity index (χ4v) is 2.77. The minimum Gasteiger partial charge on any atom is -0.355 e. The lowest BCUT2D eigenvalue weighted by Gasteiger charge is -2.15. The first-order valence-electron chi connectivity index (χ1n) is 7.43. The fraction of sp³-hybridized carbons (Fsp3) is 0.278. The lowest BCUT2D eigenvalue weighted by molar-refractivity contribution is 0.0963. The number of nitrogens with one attached hydrogen (secondary N) is 2. The normalized spacial score (nSPS) is 12.0. The number of carbonyl (C=O) groups is 1. The highest BCUT2D eigenvalue weighted by Crippen LogP contribution is 2.23. The molecule has 2 N–H and O–H groups in total.